The van der Waals surface area contributed by atoms with Gasteiger partial charge in [0.05, 0.1) is 6.17 Å². The van der Waals surface area contributed by atoms with Gasteiger partial charge < -0.3 is 9.64 Å². The summed E-state index contributed by atoms with van der Waals surface area (Å²) in [6, 6.07) is 0. The molecule has 20 heavy (non-hydrogen) atoms. The quantitative estimate of drug-likeness (QED) is 0.704. The van der Waals surface area contributed by atoms with E-state index in [1.807, 2.05) is 14.1 Å². The van der Waals surface area contributed by atoms with E-state index in [1.54, 1.807) is 7.11 Å². The number of piperazine rings is 1. The lowest BCUT2D eigenvalue weighted by atomic mass is 10.3. The summed E-state index contributed by atoms with van der Waals surface area (Å²) in [5.74, 6) is 0. The minimum absolute atomic E-state index is 0.287. The maximum absolute atomic E-state index is 5.09. The first-order chi connectivity index (χ1) is 9.33. The van der Waals surface area contributed by atoms with E-state index in [1.165, 1.54) is 26.2 Å². The summed E-state index contributed by atoms with van der Waals surface area (Å²) >= 11 is 0. The summed E-state index contributed by atoms with van der Waals surface area (Å²) in [7, 11) is 12.2. The van der Waals surface area contributed by atoms with Crippen LogP contribution in [0.1, 0.15) is 20.3 Å². The van der Waals surface area contributed by atoms with Crippen LogP contribution in [0.3, 0.4) is 0 Å². The lowest BCUT2D eigenvalue weighted by Gasteiger charge is -2.39. The lowest BCUT2D eigenvalue weighted by molar-refractivity contribution is -0.00560. The largest absolute Gasteiger partial charge is 0.366 e. The average molecular weight is 288 g/mol. The highest BCUT2D eigenvalue weighted by Crippen LogP contribution is 2.05. The zero-order valence-corrected chi connectivity index (χ0v) is 14.9. The molecular weight excluding hydrogens is 252 g/mol. The number of nitrogens with zero attached hydrogens (tertiary/aromatic N) is 4. The molecule has 0 aromatic carbocycles. The van der Waals surface area contributed by atoms with Crippen molar-refractivity contribution in [2.24, 2.45) is 0 Å². The van der Waals surface area contributed by atoms with Crippen molar-refractivity contribution in [3.63, 3.8) is 0 Å². The van der Waals surface area contributed by atoms with Crippen molar-refractivity contribution in [2.45, 2.75) is 32.7 Å². The maximum Gasteiger partial charge on any atom is 0.109 e. The molecule has 1 heterocycles. The van der Waals surface area contributed by atoms with E-state index >= 15 is 0 Å². The summed E-state index contributed by atoms with van der Waals surface area (Å²) < 4.78 is 5.09. The van der Waals surface area contributed by atoms with E-state index in [-0.39, 0.29) is 6.23 Å². The standard InChI is InChI=1S/C9H21N3.C6H15NO/c1-9(10(2)3)12-7-5-11(4)6-8-12;1-5-6(8-4)7(2)3/h9H,5-8H2,1-4H3;6H,5H2,1-4H3. The molecule has 1 fully saturated rings. The first kappa shape index (κ1) is 19.8. The number of ether oxygens (including phenoxy) is 1. The van der Waals surface area contributed by atoms with Gasteiger partial charge in [-0.3, -0.25) is 14.7 Å². The number of hydrogen-bond acceptors (Lipinski definition) is 5. The van der Waals surface area contributed by atoms with Crippen LogP contribution in [0.4, 0.5) is 0 Å². The number of methoxy groups -OCH3 is 1. The molecule has 122 valence electrons. The zero-order chi connectivity index (χ0) is 15.7. The van der Waals surface area contributed by atoms with Crippen LogP contribution in [0.2, 0.25) is 0 Å². The highest BCUT2D eigenvalue weighted by molar-refractivity contribution is 4.72. The van der Waals surface area contributed by atoms with Gasteiger partial charge in [-0.2, -0.15) is 0 Å². The molecule has 0 bridgehead atoms. The minimum Gasteiger partial charge on any atom is -0.366 e. The molecule has 2 unspecified atom stereocenters. The van der Waals surface area contributed by atoms with E-state index < -0.39 is 0 Å². The first-order valence-corrected chi connectivity index (χ1v) is 7.61. The third-order valence-corrected chi connectivity index (χ3v) is 4.01. The molecule has 1 rings (SSSR count). The Labute approximate surface area is 126 Å². The SMILES string of the molecule is CC(N(C)C)N1CCN(C)CC1.CCC(OC)N(C)C. The second-order valence-corrected chi connectivity index (χ2v) is 6.00. The molecule has 5 nitrogen and oxygen atoms in total. The molecule has 0 aromatic rings. The maximum atomic E-state index is 5.09. The molecule has 0 amide bonds. The Bertz CT molecular complexity index is 224. The highest BCUT2D eigenvalue weighted by Gasteiger charge is 2.19. The van der Waals surface area contributed by atoms with Gasteiger partial charge in [0.1, 0.15) is 6.23 Å². The minimum atomic E-state index is 0.287. The Morgan fingerprint density at radius 3 is 1.75 bits per heavy atom. The molecule has 0 aliphatic carbocycles. The van der Waals surface area contributed by atoms with Crippen molar-refractivity contribution in [3.8, 4) is 0 Å². The van der Waals surface area contributed by atoms with Gasteiger partial charge in [0.25, 0.3) is 0 Å². The second-order valence-electron chi connectivity index (χ2n) is 6.00. The van der Waals surface area contributed by atoms with Crippen LogP contribution in [0.5, 0.6) is 0 Å². The van der Waals surface area contributed by atoms with Crippen molar-refractivity contribution in [1.82, 2.24) is 19.6 Å². The van der Waals surface area contributed by atoms with Gasteiger partial charge >= 0.3 is 0 Å². The molecule has 0 radical (unpaired) electrons. The summed E-state index contributed by atoms with van der Waals surface area (Å²) in [6.07, 6.45) is 1.91. The van der Waals surface area contributed by atoms with E-state index in [0.29, 0.717) is 6.17 Å². The van der Waals surface area contributed by atoms with Gasteiger partial charge in [-0.1, -0.05) is 6.92 Å². The Morgan fingerprint density at radius 2 is 1.50 bits per heavy atom. The van der Waals surface area contributed by atoms with Crippen LogP contribution in [-0.2, 0) is 4.74 Å². The summed E-state index contributed by atoms with van der Waals surface area (Å²) in [5.41, 5.74) is 0. The number of likely N-dealkylation sites (N-methyl/N-ethyl adjacent to an activating group) is 1. The molecule has 0 aromatic heterocycles. The fraction of sp³-hybridized carbons (Fsp3) is 1.00. The van der Waals surface area contributed by atoms with Crippen molar-refractivity contribution in [1.29, 1.82) is 0 Å². The van der Waals surface area contributed by atoms with Gasteiger partial charge in [0.2, 0.25) is 0 Å². The second kappa shape index (κ2) is 10.5. The highest BCUT2D eigenvalue weighted by atomic mass is 16.5. The van der Waals surface area contributed by atoms with E-state index in [0.717, 1.165) is 6.42 Å². The molecule has 1 saturated heterocycles. The lowest BCUT2D eigenvalue weighted by Crippen LogP contribution is -2.52. The van der Waals surface area contributed by atoms with E-state index in [2.05, 4.69) is 54.6 Å². The fourth-order valence-electron chi connectivity index (χ4n) is 2.26. The van der Waals surface area contributed by atoms with Crippen molar-refractivity contribution < 1.29 is 4.74 Å². The van der Waals surface area contributed by atoms with Crippen molar-refractivity contribution in [2.75, 3.05) is 68.5 Å². The Kier molecular flexibility index (Phi) is 10.4. The summed E-state index contributed by atoms with van der Waals surface area (Å²) in [6.45, 7) is 9.20. The number of hydrogen-bond donors (Lipinski definition) is 0. The third-order valence-electron chi connectivity index (χ3n) is 4.01. The van der Waals surface area contributed by atoms with Crippen LogP contribution in [0, 0.1) is 0 Å². The monoisotopic (exact) mass is 288 g/mol. The molecule has 0 spiro atoms. The fourth-order valence-corrected chi connectivity index (χ4v) is 2.26. The van der Waals surface area contributed by atoms with Crippen LogP contribution < -0.4 is 0 Å². The van der Waals surface area contributed by atoms with Crippen molar-refractivity contribution >= 4 is 0 Å². The first-order valence-electron chi connectivity index (χ1n) is 7.61. The Morgan fingerprint density at radius 1 is 1.00 bits per heavy atom. The van der Waals surface area contributed by atoms with Gasteiger partial charge in [-0.25, -0.2) is 0 Å². The van der Waals surface area contributed by atoms with Crippen LogP contribution in [0.25, 0.3) is 0 Å². The molecule has 1 aliphatic rings. The number of rotatable bonds is 5. The normalized spacial score (nSPS) is 20.7. The molecule has 0 N–H and O–H groups in total. The van der Waals surface area contributed by atoms with E-state index in [9.17, 15) is 0 Å². The predicted octanol–water partition coefficient (Wildman–Crippen LogP) is 1.07. The molecule has 2 atom stereocenters. The molecule has 1 aliphatic heterocycles. The van der Waals surface area contributed by atoms with Gasteiger partial charge in [-0.05, 0) is 48.6 Å². The third kappa shape index (κ3) is 7.55. The van der Waals surface area contributed by atoms with E-state index in [4.69, 9.17) is 4.74 Å². The predicted molar refractivity (Wildman–Crippen MR) is 87.0 cm³/mol. The molecular formula is C15H36N4O. The van der Waals surface area contributed by atoms with Crippen LogP contribution in [-0.4, -0.2) is 101 Å². The van der Waals surface area contributed by atoms with Gasteiger partial charge in [0.15, 0.2) is 0 Å². The summed E-state index contributed by atoms with van der Waals surface area (Å²) in [5, 5.41) is 0. The smallest absolute Gasteiger partial charge is 0.109 e. The van der Waals surface area contributed by atoms with Gasteiger partial charge in [0, 0.05) is 33.3 Å². The van der Waals surface area contributed by atoms with Crippen LogP contribution >= 0.6 is 0 Å². The average Bonchev–Trinajstić information content (AvgIpc) is 2.40. The summed E-state index contributed by atoms with van der Waals surface area (Å²) in [4.78, 5) is 9.24. The van der Waals surface area contributed by atoms with Crippen molar-refractivity contribution in [3.05, 3.63) is 0 Å². The molecule has 5 heteroatoms. The topological polar surface area (TPSA) is 22.2 Å². The van der Waals surface area contributed by atoms with Gasteiger partial charge in [-0.15, -0.1) is 0 Å². The Hall–Kier alpha value is -0.200. The molecule has 0 saturated carbocycles. The van der Waals surface area contributed by atoms with Crippen LogP contribution in [0.15, 0.2) is 0 Å². The zero-order valence-electron chi connectivity index (χ0n) is 14.9. The Balaban J connectivity index is 0.000000396.